The van der Waals surface area contributed by atoms with Crippen LogP contribution in [-0.4, -0.2) is 24.5 Å². The molecule has 0 N–H and O–H groups in total. The molecule has 0 fully saturated rings. The molecule has 0 bridgehead atoms. The Kier molecular flexibility index (Phi) is 4.59. The number of carbonyl (C=O) groups excluding carboxylic acids is 1. The minimum Gasteiger partial charge on any atom is -0.496 e. The van der Waals surface area contributed by atoms with E-state index in [0.717, 1.165) is 24.3 Å². The molecular formula is C20H19NO2S2. The number of amides is 1. The van der Waals surface area contributed by atoms with Crippen molar-refractivity contribution in [3.8, 4) is 5.75 Å². The first-order chi connectivity index (χ1) is 12.3. The molecule has 0 spiro atoms. The van der Waals surface area contributed by atoms with E-state index in [1.807, 2.05) is 29.2 Å². The van der Waals surface area contributed by atoms with Gasteiger partial charge in [-0.3, -0.25) is 4.79 Å². The van der Waals surface area contributed by atoms with Gasteiger partial charge in [-0.2, -0.15) is 0 Å². The molecule has 4 rings (SSSR count). The third kappa shape index (κ3) is 3.10. The number of hydrogen-bond acceptors (Lipinski definition) is 4. The fraction of sp³-hybridized carbons (Fsp3) is 0.250. The summed E-state index contributed by atoms with van der Waals surface area (Å²) in [6.07, 6.45) is 1.30. The molecule has 0 aliphatic carbocycles. The Bertz CT molecular complexity index is 869. The van der Waals surface area contributed by atoms with E-state index in [1.54, 1.807) is 29.8 Å². The largest absolute Gasteiger partial charge is 0.496 e. The van der Waals surface area contributed by atoms with Crippen molar-refractivity contribution in [1.29, 1.82) is 0 Å². The van der Waals surface area contributed by atoms with Crippen LogP contribution in [0, 0.1) is 0 Å². The first kappa shape index (κ1) is 16.4. The van der Waals surface area contributed by atoms with Gasteiger partial charge >= 0.3 is 0 Å². The van der Waals surface area contributed by atoms with E-state index < -0.39 is 0 Å². The first-order valence-electron chi connectivity index (χ1n) is 8.29. The van der Waals surface area contributed by atoms with Crippen molar-refractivity contribution in [2.24, 2.45) is 0 Å². The van der Waals surface area contributed by atoms with E-state index in [-0.39, 0.29) is 11.9 Å². The molecule has 1 aliphatic heterocycles. The summed E-state index contributed by atoms with van der Waals surface area (Å²) in [5, 5.41) is 4.22. The third-order valence-corrected chi connectivity index (χ3v) is 6.55. The van der Waals surface area contributed by atoms with Crippen LogP contribution >= 0.6 is 22.7 Å². The summed E-state index contributed by atoms with van der Waals surface area (Å²) in [6, 6.07) is 14.2. The lowest BCUT2D eigenvalue weighted by Gasteiger charge is -2.35. The van der Waals surface area contributed by atoms with Crippen LogP contribution < -0.4 is 4.74 Å². The van der Waals surface area contributed by atoms with Crippen LogP contribution in [0.15, 0.2) is 53.2 Å². The summed E-state index contributed by atoms with van der Waals surface area (Å²) in [4.78, 5) is 17.8. The lowest BCUT2D eigenvalue weighted by molar-refractivity contribution is -0.132. The van der Waals surface area contributed by atoms with E-state index in [2.05, 4.69) is 29.0 Å². The maximum atomic E-state index is 13.2. The van der Waals surface area contributed by atoms with Gasteiger partial charge < -0.3 is 9.64 Å². The van der Waals surface area contributed by atoms with Crippen molar-refractivity contribution in [2.45, 2.75) is 18.9 Å². The fourth-order valence-corrected chi connectivity index (χ4v) is 5.21. The van der Waals surface area contributed by atoms with Gasteiger partial charge in [0.2, 0.25) is 5.91 Å². The Hall–Kier alpha value is -2.11. The van der Waals surface area contributed by atoms with Gasteiger partial charge in [0.1, 0.15) is 5.75 Å². The summed E-state index contributed by atoms with van der Waals surface area (Å²) in [7, 11) is 1.65. The van der Waals surface area contributed by atoms with Gasteiger partial charge in [-0.15, -0.1) is 22.7 Å². The van der Waals surface area contributed by atoms with E-state index in [0.29, 0.717) is 6.42 Å². The van der Waals surface area contributed by atoms with Crippen molar-refractivity contribution >= 4 is 28.6 Å². The monoisotopic (exact) mass is 369 g/mol. The molecule has 0 saturated heterocycles. The molecule has 1 unspecified atom stereocenters. The average Bonchev–Trinajstić information content (AvgIpc) is 3.32. The summed E-state index contributed by atoms with van der Waals surface area (Å²) < 4.78 is 5.41. The molecule has 3 nitrogen and oxygen atoms in total. The number of carbonyl (C=O) groups is 1. The molecular weight excluding hydrogens is 350 g/mol. The molecule has 0 saturated carbocycles. The van der Waals surface area contributed by atoms with Crippen LogP contribution in [0.1, 0.15) is 26.9 Å². The SMILES string of the molecule is COc1ccccc1CC(=O)N1CCc2sccc2C1c1cccs1. The topological polar surface area (TPSA) is 29.5 Å². The van der Waals surface area contributed by atoms with E-state index in [9.17, 15) is 4.79 Å². The van der Waals surface area contributed by atoms with Gasteiger partial charge in [-0.05, 0) is 40.9 Å². The maximum absolute atomic E-state index is 13.2. The van der Waals surface area contributed by atoms with E-state index >= 15 is 0 Å². The number of benzene rings is 1. The van der Waals surface area contributed by atoms with Crippen molar-refractivity contribution in [2.75, 3.05) is 13.7 Å². The third-order valence-electron chi connectivity index (χ3n) is 4.63. The molecule has 3 heterocycles. The molecule has 1 amide bonds. The van der Waals surface area contributed by atoms with Crippen molar-refractivity contribution in [3.05, 3.63) is 74.1 Å². The fourth-order valence-electron chi connectivity index (χ4n) is 3.45. The van der Waals surface area contributed by atoms with Crippen LogP contribution in [0.2, 0.25) is 0 Å². The number of thiophene rings is 2. The molecule has 0 radical (unpaired) electrons. The number of fused-ring (bicyclic) bond motifs is 1. The minimum atomic E-state index is 0.0391. The average molecular weight is 370 g/mol. The molecule has 1 aromatic carbocycles. The van der Waals surface area contributed by atoms with Crippen molar-refractivity contribution in [3.63, 3.8) is 0 Å². The second-order valence-corrected chi connectivity index (χ2v) is 8.02. The number of para-hydroxylation sites is 1. The zero-order valence-electron chi connectivity index (χ0n) is 14.0. The Balaban J connectivity index is 1.65. The van der Waals surface area contributed by atoms with Crippen LogP contribution in [-0.2, 0) is 17.6 Å². The standard InChI is InChI=1S/C20H19NO2S2/c1-23-16-6-3-2-5-14(16)13-19(22)21-10-8-17-15(9-12-25-17)20(21)18-7-4-11-24-18/h2-7,9,11-12,20H,8,10,13H2,1H3. The molecule has 25 heavy (non-hydrogen) atoms. The molecule has 3 aromatic rings. The highest BCUT2D eigenvalue weighted by Gasteiger charge is 2.33. The predicted octanol–water partition coefficient (Wildman–Crippen LogP) is 4.54. The number of rotatable bonds is 4. The van der Waals surface area contributed by atoms with Crippen molar-refractivity contribution in [1.82, 2.24) is 4.90 Å². The van der Waals surface area contributed by atoms with Crippen LogP contribution in [0.4, 0.5) is 0 Å². The highest BCUT2D eigenvalue weighted by molar-refractivity contribution is 7.10. The van der Waals surface area contributed by atoms with Crippen LogP contribution in [0.5, 0.6) is 5.75 Å². The zero-order valence-corrected chi connectivity index (χ0v) is 15.6. The highest BCUT2D eigenvalue weighted by atomic mass is 32.1. The number of hydrogen-bond donors (Lipinski definition) is 0. The van der Waals surface area contributed by atoms with Gasteiger partial charge in [0.25, 0.3) is 0 Å². The number of methoxy groups -OCH3 is 1. The Labute approximate surface area is 155 Å². The normalized spacial score (nSPS) is 16.5. The van der Waals surface area contributed by atoms with Gasteiger partial charge in [0.15, 0.2) is 0 Å². The lowest BCUT2D eigenvalue weighted by Crippen LogP contribution is -2.40. The van der Waals surface area contributed by atoms with Crippen LogP contribution in [0.3, 0.4) is 0 Å². The lowest BCUT2D eigenvalue weighted by atomic mass is 9.97. The zero-order chi connectivity index (χ0) is 17.2. The minimum absolute atomic E-state index is 0.0391. The smallest absolute Gasteiger partial charge is 0.227 e. The van der Waals surface area contributed by atoms with Crippen molar-refractivity contribution < 1.29 is 9.53 Å². The first-order valence-corrected chi connectivity index (χ1v) is 10.0. The Morgan fingerprint density at radius 2 is 2.04 bits per heavy atom. The maximum Gasteiger partial charge on any atom is 0.227 e. The predicted molar refractivity (Wildman–Crippen MR) is 103 cm³/mol. The summed E-state index contributed by atoms with van der Waals surface area (Å²) in [5.74, 6) is 0.927. The molecule has 2 aromatic heterocycles. The van der Waals surface area contributed by atoms with E-state index in [4.69, 9.17) is 4.74 Å². The van der Waals surface area contributed by atoms with Gasteiger partial charge in [0.05, 0.1) is 19.6 Å². The Morgan fingerprint density at radius 3 is 2.84 bits per heavy atom. The number of ether oxygens (including phenoxy) is 1. The van der Waals surface area contributed by atoms with Gasteiger partial charge in [0, 0.05) is 21.9 Å². The number of nitrogens with zero attached hydrogens (tertiary/aromatic N) is 1. The quantitative estimate of drug-likeness (QED) is 0.676. The molecule has 1 aliphatic rings. The second kappa shape index (κ2) is 7.02. The summed E-state index contributed by atoms with van der Waals surface area (Å²) in [5.41, 5.74) is 2.23. The summed E-state index contributed by atoms with van der Waals surface area (Å²) in [6.45, 7) is 0.768. The molecule has 1 atom stereocenters. The van der Waals surface area contributed by atoms with E-state index in [1.165, 1.54) is 15.3 Å². The Morgan fingerprint density at radius 1 is 1.16 bits per heavy atom. The molecule has 5 heteroatoms. The van der Waals surface area contributed by atoms with Crippen LogP contribution in [0.25, 0.3) is 0 Å². The molecule has 128 valence electrons. The van der Waals surface area contributed by atoms with Gasteiger partial charge in [-0.1, -0.05) is 24.3 Å². The second-order valence-electron chi connectivity index (χ2n) is 6.04. The highest BCUT2D eigenvalue weighted by Crippen LogP contribution is 2.39. The summed E-state index contributed by atoms with van der Waals surface area (Å²) >= 11 is 3.51. The van der Waals surface area contributed by atoms with Gasteiger partial charge in [-0.25, -0.2) is 0 Å².